The van der Waals surface area contributed by atoms with Gasteiger partial charge in [-0.1, -0.05) is 23.4 Å². The van der Waals surface area contributed by atoms with E-state index in [1.165, 1.54) is 11.3 Å². The van der Waals surface area contributed by atoms with Crippen LogP contribution in [0.1, 0.15) is 39.4 Å². The van der Waals surface area contributed by atoms with E-state index in [4.69, 9.17) is 4.52 Å². The topological polar surface area (TPSA) is 79.5 Å². The number of rotatable bonds is 2. The van der Waals surface area contributed by atoms with Crippen LogP contribution in [-0.2, 0) is 0 Å². The average Bonchev–Trinajstić information content (AvgIpc) is 3.25. The molecule has 1 N–H and O–H groups in total. The molecule has 3 heterocycles. The summed E-state index contributed by atoms with van der Waals surface area (Å²) in [5, 5.41) is 15.0. The van der Waals surface area contributed by atoms with Crippen molar-refractivity contribution in [2.24, 2.45) is 0 Å². The van der Waals surface area contributed by atoms with Crippen molar-refractivity contribution in [3.63, 3.8) is 0 Å². The molecule has 3 aromatic rings. The van der Waals surface area contributed by atoms with Crippen LogP contribution in [0.25, 0.3) is 10.1 Å². The van der Waals surface area contributed by atoms with Crippen LogP contribution in [0.5, 0.6) is 0 Å². The van der Waals surface area contributed by atoms with Gasteiger partial charge in [0.15, 0.2) is 5.82 Å². The Kier molecular flexibility index (Phi) is 3.62. The number of aliphatic hydroxyl groups excluding tert-OH is 1. The van der Waals surface area contributed by atoms with Crippen molar-refractivity contribution in [2.45, 2.75) is 32.4 Å². The number of β-amino-alcohol motifs (C(OH)–C–C–N with tert-alkyl or cyclic N) is 1. The molecule has 2 atom stereocenters. The fourth-order valence-corrected chi connectivity index (χ4v) is 4.39. The highest BCUT2D eigenvalue weighted by molar-refractivity contribution is 7.21. The third kappa shape index (κ3) is 2.40. The predicted octanol–water partition coefficient (Wildman–Crippen LogP) is 2.85. The summed E-state index contributed by atoms with van der Waals surface area (Å²) in [4.78, 5) is 19.7. The van der Waals surface area contributed by atoms with Crippen LogP contribution in [0.2, 0.25) is 0 Å². The number of aromatic nitrogens is 2. The molecular weight excluding hydrogens is 326 g/mol. The van der Waals surface area contributed by atoms with Crippen molar-refractivity contribution in [1.29, 1.82) is 0 Å². The lowest BCUT2D eigenvalue weighted by Crippen LogP contribution is -2.31. The number of nitrogens with zero attached hydrogens (tertiary/aromatic N) is 3. The van der Waals surface area contributed by atoms with E-state index in [-0.39, 0.29) is 18.5 Å². The van der Waals surface area contributed by atoms with Crippen LogP contribution in [-0.4, -0.2) is 38.7 Å². The SMILES string of the molecule is Cc1noc([C@H]2C[C@H](O)CN2C(=O)c2sc3ccccc3c2C)n1. The highest BCUT2D eigenvalue weighted by Crippen LogP contribution is 2.37. The van der Waals surface area contributed by atoms with Crippen molar-refractivity contribution >= 4 is 27.3 Å². The van der Waals surface area contributed by atoms with Crippen LogP contribution in [0.15, 0.2) is 28.8 Å². The first-order valence-corrected chi connectivity index (χ1v) is 8.63. The fraction of sp³-hybridized carbons (Fsp3) is 0.353. The molecule has 0 radical (unpaired) electrons. The van der Waals surface area contributed by atoms with Crippen molar-refractivity contribution in [3.05, 3.63) is 46.4 Å². The minimum atomic E-state index is -0.583. The minimum absolute atomic E-state index is 0.0916. The van der Waals surface area contributed by atoms with E-state index in [1.54, 1.807) is 11.8 Å². The van der Waals surface area contributed by atoms with E-state index < -0.39 is 6.10 Å². The zero-order valence-corrected chi connectivity index (χ0v) is 14.2. The molecule has 1 aliphatic heterocycles. The van der Waals surface area contributed by atoms with Gasteiger partial charge in [0.05, 0.1) is 11.0 Å². The predicted molar refractivity (Wildman–Crippen MR) is 90.0 cm³/mol. The van der Waals surface area contributed by atoms with Crippen LogP contribution in [0, 0.1) is 13.8 Å². The summed E-state index contributed by atoms with van der Waals surface area (Å²) in [6.07, 6.45) is -0.169. The number of likely N-dealkylation sites (tertiary alicyclic amines) is 1. The maximum Gasteiger partial charge on any atom is 0.265 e. The number of benzene rings is 1. The number of thiophene rings is 1. The highest BCUT2D eigenvalue weighted by Gasteiger charge is 2.39. The van der Waals surface area contributed by atoms with Gasteiger partial charge in [-0.15, -0.1) is 11.3 Å². The largest absolute Gasteiger partial charge is 0.391 e. The first kappa shape index (κ1) is 15.3. The number of hydrogen-bond acceptors (Lipinski definition) is 6. The Morgan fingerprint density at radius 1 is 1.38 bits per heavy atom. The molecule has 124 valence electrons. The van der Waals surface area contributed by atoms with Gasteiger partial charge in [-0.2, -0.15) is 4.98 Å². The number of hydrogen-bond donors (Lipinski definition) is 1. The summed E-state index contributed by atoms with van der Waals surface area (Å²) in [5.74, 6) is 0.819. The van der Waals surface area contributed by atoms with Gasteiger partial charge in [0.25, 0.3) is 5.91 Å². The van der Waals surface area contributed by atoms with Crippen LogP contribution in [0.3, 0.4) is 0 Å². The molecule has 1 aromatic carbocycles. The van der Waals surface area contributed by atoms with Crippen LogP contribution in [0.4, 0.5) is 0 Å². The Labute approximate surface area is 142 Å². The molecule has 1 amide bonds. The molecule has 24 heavy (non-hydrogen) atoms. The second kappa shape index (κ2) is 5.68. The van der Waals surface area contributed by atoms with Gasteiger partial charge >= 0.3 is 0 Å². The summed E-state index contributed by atoms with van der Waals surface area (Å²) < 4.78 is 6.33. The Morgan fingerprint density at radius 2 is 2.17 bits per heavy atom. The Morgan fingerprint density at radius 3 is 2.88 bits per heavy atom. The van der Waals surface area contributed by atoms with Crippen molar-refractivity contribution in [2.75, 3.05) is 6.54 Å². The molecule has 0 unspecified atom stereocenters. The van der Waals surface area contributed by atoms with Gasteiger partial charge in [-0.05, 0) is 30.9 Å². The number of amides is 1. The average molecular weight is 343 g/mol. The smallest absolute Gasteiger partial charge is 0.265 e. The number of aliphatic hydroxyl groups is 1. The van der Waals surface area contributed by atoms with E-state index >= 15 is 0 Å². The molecular formula is C17H17N3O3S. The number of carbonyl (C=O) groups is 1. The lowest BCUT2D eigenvalue weighted by atomic mass is 10.1. The lowest BCUT2D eigenvalue weighted by Gasteiger charge is -2.21. The van der Waals surface area contributed by atoms with Crippen molar-refractivity contribution in [3.8, 4) is 0 Å². The Hall–Kier alpha value is -2.25. The molecule has 1 fully saturated rings. The number of fused-ring (bicyclic) bond motifs is 1. The number of aryl methyl sites for hydroxylation is 2. The van der Waals surface area contributed by atoms with E-state index in [9.17, 15) is 9.90 Å². The highest BCUT2D eigenvalue weighted by atomic mass is 32.1. The summed E-state index contributed by atoms with van der Waals surface area (Å²) in [5.41, 5.74) is 0.974. The molecule has 1 saturated heterocycles. The molecule has 0 saturated carbocycles. The van der Waals surface area contributed by atoms with Gasteiger partial charge in [-0.3, -0.25) is 4.79 Å². The van der Waals surface area contributed by atoms with Crippen molar-refractivity contribution < 1.29 is 14.4 Å². The molecule has 7 heteroatoms. The Bertz CT molecular complexity index is 917. The van der Waals surface area contributed by atoms with Gasteiger partial charge in [0.1, 0.15) is 6.04 Å². The Balaban J connectivity index is 1.72. The fourth-order valence-electron chi connectivity index (χ4n) is 3.23. The normalized spacial score (nSPS) is 20.9. The zero-order chi connectivity index (χ0) is 16.8. The summed E-state index contributed by atoms with van der Waals surface area (Å²) >= 11 is 1.48. The maximum atomic E-state index is 13.1. The van der Waals surface area contributed by atoms with Gasteiger partial charge < -0.3 is 14.5 Å². The first-order valence-electron chi connectivity index (χ1n) is 7.82. The van der Waals surface area contributed by atoms with E-state index in [0.717, 1.165) is 15.6 Å². The molecule has 4 rings (SSSR count). The molecule has 2 aromatic heterocycles. The molecule has 0 bridgehead atoms. The number of carbonyl (C=O) groups excluding carboxylic acids is 1. The molecule has 6 nitrogen and oxygen atoms in total. The first-order chi connectivity index (χ1) is 11.5. The second-order valence-corrected chi connectivity index (χ2v) is 7.15. The van der Waals surface area contributed by atoms with Crippen LogP contribution >= 0.6 is 11.3 Å². The van der Waals surface area contributed by atoms with Gasteiger partial charge in [0, 0.05) is 17.7 Å². The third-order valence-electron chi connectivity index (χ3n) is 4.41. The van der Waals surface area contributed by atoms with E-state index in [0.29, 0.717) is 23.0 Å². The minimum Gasteiger partial charge on any atom is -0.391 e. The monoisotopic (exact) mass is 343 g/mol. The second-order valence-electron chi connectivity index (χ2n) is 6.10. The van der Waals surface area contributed by atoms with Gasteiger partial charge in [-0.25, -0.2) is 0 Å². The van der Waals surface area contributed by atoms with Gasteiger partial charge in [0.2, 0.25) is 5.89 Å². The maximum absolute atomic E-state index is 13.1. The van der Waals surface area contributed by atoms with Crippen LogP contribution < -0.4 is 0 Å². The summed E-state index contributed by atoms with van der Waals surface area (Å²) in [6.45, 7) is 3.98. The van der Waals surface area contributed by atoms with E-state index in [2.05, 4.69) is 10.1 Å². The van der Waals surface area contributed by atoms with E-state index in [1.807, 2.05) is 31.2 Å². The molecule has 0 spiro atoms. The zero-order valence-electron chi connectivity index (χ0n) is 13.4. The van der Waals surface area contributed by atoms with Crippen molar-refractivity contribution in [1.82, 2.24) is 15.0 Å². The lowest BCUT2D eigenvalue weighted by molar-refractivity contribution is 0.0698. The standard InChI is InChI=1S/C17H17N3O3S/c1-9-12-5-3-4-6-14(12)24-15(9)17(22)20-8-11(21)7-13(20)16-18-10(2)19-23-16/h3-6,11,13,21H,7-8H2,1-2H3/t11-,13+/m0/s1. The summed E-state index contributed by atoms with van der Waals surface area (Å²) in [6, 6.07) is 7.60. The molecule has 0 aliphatic carbocycles. The summed E-state index contributed by atoms with van der Waals surface area (Å²) in [7, 11) is 0. The third-order valence-corrected chi connectivity index (χ3v) is 5.67. The molecule has 1 aliphatic rings. The quantitative estimate of drug-likeness (QED) is 0.774.